The molecule has 0 unspecified atom stereocenters. The lowest BCUT2D eigenvalue weighted by atomic mass is 9.92. The van der Waals surface area contributed by atoms with Crippen LogP contribution in [0.25, 0.3) is 16.6 Å². The third kappa shape index (κ3) is 4.16. The molecule has 1 aromatic heterocycles. The standard InChI is InChI=1S/C24H15F7N2O2/c25-18-7-3-1-5-14(18)13-20-32-19-8-4-2-6-17(19)21(34)33(20)16-11-9-15(10-12-16)22(35,23(26,27)28)24(29,30)31/h1-12,35H,13H2. The van der Waals surface area contributed by atoms with Gasteiger partial charge in [-0.05, 0) is 35.9 Å². The molecule has 0 bridgehead atoms. The van der Waals surface area contributed by atoms with E-state index < -0.39 is 34.9 Å². The average Bonchev–Trinajstić information content (AvgIpc) is 2.79. The molecule has 4 nitrogen and oxygen atoms in total. The van der Waals surface area contributed by atoms with E-state index in [0.717, 1.165) is 16.7 Å². The summed E-state index contributed by atoms with van der Waals surface area (Å²) in [7, 11) is 0. The Kier molecular flexibility index (Phi) is 5.92. The number of benzene rings is 3. The van der Waals surface area contributed by atoms with E-state index in [1.165, 1.54) is 24.3 Å². The van der Waals surface area contributed by atoms with Crippen molar-refractivity contribution in [2.75, 3.05) is 0 Å². The van der Waals surface area contributed by atoms with Crippen molar-refractivity contribution in [1.82, 2.24) is 9.55 Å². The number of aliphatic hydroxyl groups is 1. The minimum absolute atomic E-state index is 0.00783. The largest absolute Gasteiger partial charge is 0.430 e. The van der Waals surface area contributed by atoms with Gasteiger partial charge in [0.15, 0.2) is 0 Å². The molecule has 0 aliphatic heterocycles. The Morgan fingerprint density at radius 2 is 1.37 bits per heavy atom. The molecular weight excluding hydrogens is 481 g/mol. The first-order chi connectivity index (χ1) is 16.3. The van der Waals surface area contributed by atoms with Gasteiger partial charge in [0, 0.05) is 12.0 Å². The molecule has 0 aliphatic carbocycles. The van der Waals surface area contributed by atoms with Crippen LogP contribution in [0.15, 0.2) is 77.6 Å². The van der Waals surface area contributed by atoms with Gasteiger partial charge in [-0.25, -0.2) is 9.37 Å². The van der Waals surface area contributed by atoms with Crippen LogP contribution in [0, 0.1) is 5.82 Å². The normalized spacial score (nSPS) is 12.8. The van der Waals surface area contributed by atoms with Gasteiger partial charge in [0.05, 0.1) is 16.6 Å². The second-order valence-electron chi connectivity index (χ2n) is 7.71. The minimum Gasteiger partial charge on any atom is -0.369 e. The molecule has 182 valence electrons. The molecule has 0 saturated heterocycles. The molecule has 11 heteroatoms. The Morgan fingerprint density at radius 3 is 1.97 bits per heavy atom. The zero-order chi connectivity index (χ0) is 25.6. The fourth-order valence-electron chi connectivity index (χ4n) is 3.72. The van der Waals surface area contributed by atoms with Crippen LogP contribution in [0.5, 0.6) is 0 Å². The second-order valence-corrected chi connectivity index (χ2v) is 7.71. The maximum absolute atomic E-state index is 14.3. The summed E-state index contributed by atoms with van der Waals surface area (Å²) < 4.78 is 94.6. The van der Waals surface area contributed by atoms with Crippen molar-refractivity contribution in [3.63, 3.8) is 0 Å². The molecule has 4 rings (SSSR count). The van der Waals surface area contributed by atoms with Crippen LogP contribution in [0.3, 0.4) is 0 Å². The summed E-state index contributed by atoms with van der Waals surface area (Å²) in [5, 5.41) is 9.76. The lowest BCUT2D eigenvalue weighted by Gasteiger charge is -2.32. The van der Waals surface area contributed by atoms with Gasteiger partial charge in [-0.15, -0.1) is 0 Å². The van der Waals surface area contributed by atoms with Gasteiger partial charge in [0.1, 0.15) is 11.6 Å². The quantitative estimate of drug-likeness (QED) is 0.384. The molecule has 0 spiro atoms. The molecule has 1 heterocycles. The van der Waals surface area contributed by atoms with Crippen molar-refractivity contribution in [2.45, 2.75) is 24.4 Å². The summed E-state index contributed by atoms with van der Waals surface area (Å²) >= 11 is 0. The van der Waals surface area contributed by atoms with Gasteiger partial charge in [-0.2, -0.15) is 26.3 Å². The summed E-state index contributed by atoms with van der Waals surface area (Å²) in [4.78, 5) is 17.6. The van der Waals surface area contributed by atoms with E-state index in [2.05, 4.69) is 4.98 Å². The summed E-state index contributed by atoms with van der Waals surface area (Å²) in [6.07, 6.45) is -12.3. The fraction of sp³-hybridized carbons (Fsp3) is 0.167. The van der Waals surface area contributed by atoms with Crippen LogP contribution in [-0.2, 0) is 12.0 Å². The van der Waals surface area contributed by atoms with Gasteiger partial charge in [0.25, 0.3) is 11.2 Å². The predicted molar refractivity (Wildman–Crippen MR) is 113 cm³/mol. The van der Waals surface area contributed by atoms with Gasteiger partial charge in [-0.3, -0.25) is 9.36 Å². The molecule has 0 saturated carbocycles. The van der Waals surface area contributed by atoms with E-state index in [4.69, 9.17) is 0 Å². The fourth-order valence-corrected chi connectivity index (χ4v) is 3.72. The highest BCUT2D eigenvalue weighted by molar-refractivity contribution is 5.77. The van der Waals surface area contributed by atoms with Crippen LogP contribution in [0.1, 0.15) is 17.0 Å². The topological polar surface area (TPSA) is 55.1 Å². The van der Waals surface area contributed by atoms with Crippen LogP contribution in [0.4, 0.5) is 30.7 Å². The lowest BCUT2D eigenvalue weighted by molar-refractivity contribution is -0.376. The summed E-state index contributed by atoms with van der Waals surface area (Å²) in [6, 6.07) is 14.4. The van der Waals surface area contributed by atoms with E-state index in [-0.39, 0.29) is 34.4 Å². The van der Waals surface area contributed by atoms with E-state index in [9.17, 15) is 40.6 Å². The smallest absolute Gasteiger partial charge is 0.369 e. The van der Waals surface area contributed by atoms with Crippen molar-refractivity contribution in [3.05, 3.63) is 106 Å². The van der Waals surface area contributed by atoms with Crippen molar-refractivity contribution < 1.29 is 35.8 Å². The van der Waals surface area contributed by atoms with E-state index >= 15 is 0 Å². The van der Waals surface area contributed by atoms with Crippen molar-refractivity contribution in [2.24, 2.45) is 0 Å². The van der Waals surface area contributed by atoms with Gasteiger partial charge in [0.2, 0.25) is 0 Å². The molecule has 3 aromatic carbocycles. The molecule has 0 amide bonds. The number of rotatable bonds is 4. The zero-order valence-electron chi connectivity index (χ0n) is 17.5. The predicted octanol–water partition coefficient (Wildman–Crippen LogP) is 5.43. The van der Waals surface area contributed by atoms with Gasteiger partial charge < -0.3 is 5.11 Å². The number of alkyl halides is 6. The molecule has 1 N–H and O–H groups in total. The Hall–Kier alpha value is -3.73. The first-order valence-corrected chi connectivity index (χ1v) is 10.1. The number of hydrogen-bond donors (Lipinski definition) is 1. The van der Waals surface area contributed by atoms with Crippen molar-refractivity contribution in [3.8, 4) is 5.69 Å². The number of nitrogens with zero attached hydrogens (tertiary/aromatic N) is 2. The minimum atomic E-state index is -6.05. The van der Waals surface area contributed by atoms with Crippen LogP contribution in [0.2, 0.25) is 0 Å². The van der Waals surface area contributed by atoms with Crippen molar-refractivity contribution >= 4 is 10.9 Å². The maximum Gasteiger partial charge on any atom is 0.430 e. The maximum atomic E-state index is 14.3. The third-order valence-corrected chi connectivity index (χ3v) is 5.52. The SMILES string of the molecule is O=c1c2ccccc2nc(Cc2ccccc2F)n1-c1ccc(C(O)(C(F)(F)F)C(F)(F)F)cc1. The molecule has 0 atom stereocenters. The Balaban J connectivity index is 1.90. The zero-order valence-corrected chi connectivity index (χ0v) is 17.5. The van der Waals surface area contributed by atoms with E-state index in [1.54, 1.807) is 24.3 Å². The van der Waals surface area contributed by atoms with Crippen LogP contribution < -0.4 is 5.56 Å². The summed E-state index contributed by atoms with van der Waals surface area (Å²) in [5.41, 5.74) is -6.91. The first-order valence-electron chi connectivity index (χ1n) is 10.1. The molecule has 35 heavy (non-hydrogen) atoms. The van der Waals surface area contributed by atoms with Crippen molar-refractivity contribution in [1.29, 1.82) is 0 Å². The average molecular weight is 496 g/mol. The lowest BCUT2D eigenvalue weighted by Crippen LogP contribution is -2.53. The highest BCUT2D eigenvalue weighted by Gasteiger charge is 2.71. The molecule has 0 radical (unpaired) electrons. The molecule has 0 fully saturated rings. The third-order valence-electron chi connectivity index (χ3n) is 5.52. The van der Waals surface area contributed by atoms with Crippen LogP contribution >= 0.6 is 0 Å². The molecular formula is C24H15F7N2O2. The number of halogens is 7. The summed E-state index contributed by atoms with van der Waals surface area (Å²) in [6.45, 7) is 0. The second kappa shape index (κ2) is 8.49. The van der Waals surface area contributed by atoms with Gasteiger partial charge >= 0.3 is 12.4 Å². The van der Waals surface area contributed by atoms with Gasteiger partial charge in [-0.1, -0.05) is 42.5 Å². The highest BCUT2D eigenvalue weighted by atomic mass is 19.4. The number of hydrogen-bond acceptors (Lipinski definition) is 3. The number of aromatic nitrogens is 2. The Labute approximate surface area is 192 Å². The van der Waals surface area contributed by atoms with E-state index in [1.807, 2.05) is 0 Å². The number of para-hydroxylation sites is 1. The molecule has 0 aliphatic rings. The highest BCUT2D eigenvalue weighted by Crippen LogP contribution is 2.50. The monoisotopic (exact) mass is 496 g/mol. The molecule has 4 aromatic rings. The van der Waals surface area contributed by atoms with Crippen LogP contribution in [-0.4, -0.2) is 27.0 Å². The first kappa shape index (κ1) is 24.4. The number of fused-ring (bicyclic) bond motifs is 1. The van der Waals surface area contributed by atoms with E-state index in [0.29, 0.717) is 12.1 Å². The Bertz CT molecular complexity index is 1430. The Morgan fingerprint density at radius 1 is 0.800 bits per heavy atom. The summed E-state index contributed by atoms with van der Waals surface area (Å²) in [5.74, 6) is -0.578.